The van der Waals surface area contributed by atoms with Gasteiger partial charge in [0.15, 0.2) is 0 Å². The van der Waals surface area contributed by atoms with Crippen molar-refractivity contribution in [2.75, 3.05) is 5.32 Å². The Morgan fingerprint density at radius 1 is 1.18 bits per heavy atom. The maximum Gasteiger partial charge on any atom is 0.286 e. The van der Waals surface area contributed by atoms with E-state index in [2.05, 4.69) is 20.8 Å². The van der Waals surface area contributed by atoms with Crippen molar-refractivity contribution < 1.29 is 14.0 Å². The summed E-state index contributed by atoms with van der Waals surface area (Å²) in [7, 11) is 0. The zero-order chi connectivity index (χ0) is 19.9. The zero-order valence-corrected chi connectivity index (χ0v) is 16.6. The number of amides is 2. The van der Waals surface area contributed by atoms with Gasteiger partial charge in [-0.05, 0) is 43.7 Å². The summed E-state index contributed by atoms with van der Waals surface area (Å²) < 4.78 is 5.30. The van der Waals surface area contributed by atoms with Gasteiger partial charge in [-0.1, -0.05) is 24.3 Å². The second-order valence-corrected chi connectivity index (χ2v) is 7.51. The Balaban J connectivity index is 1.60. The van der Waals surface area contributed by atoms with Gasteiger partial charge >= 0.3 is 0 Å². The van der Waals surface area contributed by atoms with Gasteiger partial charge in [0.05, 0.1) is 6.26 Å². The van der Waals surface area contributed by atoms with Crippen LogP contribution in [0, 0.1) is 0 Å². The van der Waals surface area contributed by atoms with Crippen molar-refractivity contribution in [3.8, 4) is 0 Å². The molecule has 2 heterocycles. The van der Waals surface area contributed by atoms with Gasteiger partial charge in [-0.2, -0.15) is 0 Å². The minimum Gasteiger partial charge on any atom is -0.469 e. The van der Waals surface area contributed by atoms with E-state index >= 15 is 0 Å². The fraction of sp³-hybridized carbons (Fsp3) is 0.300. The van der Waals surface area contributed by atoms with Crippen molar-refractivity contribution in [1.29, 1.82) is 0 Å². The lowest BCUT2D eigenvalue weighted by Crippen LogP contribution is -2.34. The number of anilines is 1. The third kappa shape index (κ3) is 5.26. The number of nitrogens with zero attached hydrogens (tertiary/aromatic N) is 2. The minimum absolute atomic E-state index is 0.0877. The first-order valence-corrected chi connectivity index (χ1v) is 9.94. The highest BCUT2D eigenvalue weighted by Crippen LogP contribution is 2.16. The van der Waals surface area contributed by atoms with Crippen molar-refractivity contribution in [3.63, 3.8) is 0 Å². The highest BCUT2D eigenvalue weighted by atomic mass is 32.1. The van der Waals surface area contributed by atoms with Crippen LogP contribution < -0.4 is 10.6 Å². The number of hydrogen-bond donors (Lipinski definition) is 2. The predicted molar refractivity (Wildman–Crippen MR) is 108 cm³/mol. The third-order valence-electron chi connectivity index (χ3n) is 3.97. The van der Waals surface area contributed by atoms with Gasteiger partial charge in [-0.25, -0.2) is 0 Å². The largest absolute Gasteiger partial charge is 0.469 e. The quantitative estimate of drug-likeness (QED) is 0.603. The Hall–Kier alpha value is -3.00. The average molecular weight is 398 g/mol. The highest BCUT2D eigenvalue weighted by Gasteiger charge is 2.15. The van der Waals surface area contributed by atoms with Crippen LogP contribution in [0.25, 0.3) is 0 Å². The molecular weight excluding hydrogens is 376 g/mol. The molecule has 0 aliphatic carbocycles. The molecule has 7 nitrogen and oxygen atoms in total. The zero-order valence-electron chi connectivity index (χ0n) is 15.8. The topological polar surface area (TPSA) is 97.1 Å². The van der Waals surface area contributed by atoms with Gasteiger partial charge in [0.1, 0.15) is 10.8 Å². The molecule has 0 fully saturated rings. The molecule has 0 unspecified atom stereocenters. The Morgan fingerprint density at radius 2 is 2.04 bits per heavy atom. The van der Waals surface area contributed by atoms with E-state index in [0.717, 1.165) is 23.6 Å². The summed E-state index contributed by atoms with van der Waals surface area (Å²) in [6, 6.07) is 10.4. The van der Waals surface area contributed by atoms with Crippen LogP contribution >= 0.6 is 11.3 Å². The number of aryl methyl sites for hydroxylation is 1. The summed E-state index contributed by atoms with van der Waals surface area (Å²) in [5, 5.41) is 14.8. The molecule has 8 heteroatoms. The summed E-state index contributed by atoms with van der Waals surface area (Å²) in [5.41, 5.74) is 0.997. The maximum atomic E-state index is 12.5. The molecule has 3 rings (SSSR count). The Morgan fingerprint density at radius 3 is 2.79 bits per heavy atom. The number of carbonyl (C=O) groups excluding carboxylic acids is 2. The van der Waals surface area contributed by atoms with E-state index in [1.807, 2.05) is 26.0 Å². The van der Waals surface area contributed by atoms with Crippen molar-refractivity contribution >= 4 is 28.8 Å². The van der Waals surface area contributed by atoms with Gasteiger partial charge in [-0.15, -0.1) is 10.2 Å². The summed E-state index contributed by atoms with van der Waals surface area (Å²) in [5.74, 6) is 0.271. The number of benzene rings is 1. The molecule has 0 spiro atoms. The molecule has 2 N–H and O–H groups in total. The lowest BCUT2D eigenvalue weighted by Gasteiger charge is -2.13. The van der Waals surface area contributed by atoms with E-state index < -0.39 is 0 Å². The monoisotopic (exact) mass is 398 g/mol. The van der Waals surface area contributed by atoms with Crippen LogP contribution in [-0.4, -0.2) is 28.1 Å². The van der Waals surface area contributed by atoms with Gasteiger partial charge in [-0.3, -0.25) is 9.59 Å². The molecule has 2 amide bonds. The number of aromatic nitrogens is 2. The maximum absolute atomic E-state index is 12.5. The van der Waals surface area contributed by atoms with Crippen LogP contribution in [0.3, 0.4) is 0 Å². The highest BCUT2D eigenvalue weighted by molar-refractivity contribution is 7.13. The first-order valence-electron chi connectivity index (χ1n) is 9.12. The third-order valence-corrected chi connectivity index (χ3v) is 4.95. The molecule has 0 radical (unpaired) electrons. The molecule has 1 atom stereocenters. The molecule has 2 aromatic heterocycles. The number of furan rings is 1. The lowest BCUT2D eigenvalue weighted by molar-refractivity contribution is 0.0938. The number of hydrogen-bond acceptors (Lipinski definition) is 6. The fourth-order valence-corrected chi connectivity index (χ4v) is 3.51. The van der Waals surface area contributed by atoms with Crippen LogP contribution in [0.15, 0.2) is 47.1 Å². The molecule has 1 aromatic carbocycles. The second kappa shape index (κ2) is 9.27. The summed E-state index contributed by atoms with van der Waals surface area (Å²) in [6.45, 7) is 3.96. The fourth-order valence-electron chi connectivity index (χ4n) is 2.67. The van der Waals surface area contributed by atoms with Crippen molar-refractivity contribution in [2.24, 2.45) is 0 Å². The van der Waals surface area contributed by atoms with Crippen LogP contribution in [0.4, 0.5) is 5.69 Å². The summed E-state index contributed by atoms with van der Waals surface area (Å²) >= 11 is 1.28. The van der Waals surface area contributed by atoms with Crippen LogP contribution in [0.2, 0.25) is 0 Å². The van der Waals surface area contributed by atoms with Crippen molar-refractivity contribution in [1.82, 2.24) is 15.5 Å². The molecule has 3 aromatic rings. The number of nitrogens with one attached hydrogen (secondary N) is 2. The molecule has 146 valence electrons. The van der Waals surface area contributed by atoms with Crippen LogP contribution in [0.5, 0.6) is 0 Å². The smallest absolute Gasteiger partial charge is 0.286 e. The number of rotatable bonds is 8. The SMILES string of the molecule is CCCc1nnc(C(=O)Nc2cccc(C(=O)N[C@H](C)Cc3ccco3)c2)s1. The van der Waals surface area contributed by atoms with Gasteiger partial charge in [0, 0.05) is 30.1 Å². The van der Waals surface area contributed by atoms with Crippen LogP contribution in [-0.2, 0) is 12.8 Å². The second-order valence-electron chi connectivity index (χ2n) is 6.44. The molecule has 0 aliphatic heterocycles. The molecule has 28 heavy (non-hydrogen) atoms. The number of carbonyl (C=O) groups is 2. The van der Waals surface area contributed by atoms with Gasteiger partial charge in [0.2, 0.25) is 5.01 Å². The normalized spacial score (nSPS) is 11.8. The predicted octanol–water partition coefficient (Wildman–Crippen LogP) is 3.70. The first-order chi connectivity index (χ1) is 13.5. The summed E-state index contributed by atoms with van der Waals surface area (Å²) in [4.78, 5) is 24.8. The van der Waals surface area contributed by atoms with E-state index in [4.69, 9.17) is 4.42 Å². The average Bonchev–Trinajstić information content (AvgIpc) is 3.34. The van der Waals surface area contributed by atoms with E-state index in [-0.39, 0.29) is 17.9 Å². The standard InChI is InChI=1S/C20H22N4O3S/c1-3-6-17-23-24-20(28-17)19(26)22-15-8-4-7-14(12-15)18(25)21-13(2)11-16-9-5-10-27-16/h4-5,7-10,12-13H,3,6,11H2,1-2H3,(H,21,25)(H,22,26)/t13-/m1/s1. The van der Waals surface area contributed by atoms with E-state index in [9.17, 15) is 9.59 Å². The van der Waals surface area contributed by atoms with Crippen LogP contribution in [0.1, 0.15) is 51.2 Å². The Kier molecular flexibility index (Phi) is 6.54. The summed E-state index contributed by atoms with van der Waals surface area (Å²) in [6.07, 6.45) is 3.97. The molecule has 0 bridgehead atoms. The molecule has 0 aliphatic rings. The van der Waals surface area contributed by atoms with Gasteiger partial charge < -0.3 is 15.1 Å². The lowest BCUT2D eigenvalue weighted by atomic mass is 10.1. The minimum atomic E-state index is -0.330. The molecule has 0 saturated heterocycles. The van der Waals surface area contributed by atoms with Crippen molar-refractivity contribution in [2.45, 2.75) is 39.2 Å². The van der Waals surface area contributed by atoms with E-state index in [1.165, 1.54) is 11.3 Å². The van der Waals surface area contributed by atoms with E-state index in [0.29, 0.717) is 22.7 Å². The van der Waals surface area contributed by atoms with E-state index in [1.54, 1.807) is 30.5 Å². The Labute approximate surface area is 167 Å². The molecular formula is C20H22N4O3S. The Bertz CT molecular complexity index is 937. The van der Waals surface area contributed by atoms with Gasteiger partial charge in [0.25, 0.3) is 11.8 Å². The first kappa shape index (κ1) is 19.8. The molecule has 0 saturated carbocycles. The van der Waals surface area contributed by atoms with Crippen molar-refractivity contribution in [3.05, 3.63) is 64.0 Å².